The van der Waals surface area contributed by atoms with Crippen molar-refractivity contribution in [3.05, 3.63) is 23.8 Å². The third-order valence-electron chi connectivity index (χ3n) is 3.48. The van der Waals surface area contributed by atoms with Crippen molar-refractivity contribution in [3.63, 3.8) is 0 Å². The molecule has 0 fully saturated rings. The molecular weight excluding hydrogens is 332 g/mol. The predicted octanol–water partition coefficient (Wildman–Crippen LogP) is 2.04. The van der Waals surface area contributed by atoms with E-state index in [0.29, 0.717) is 24.3 Å². The first kappa shape index (κ1) is 18.1. The fourth-order valence-corrected chi connectivity index (χ4v) is 2.77. The number of nitrogens with zero attached hydrogens (tertiary/aromatic N) is 1. The second kappa shape index (κ2) is 7.52. The Kier molecular flexibility index (Phi) is 5.66. The van der Waals surface area contributed by atoms with Gasteiger partial charge in [-0.15, -0.1) is 0 Å². The molecule has 1 aromatic rings. The first-order chi connectivity index (χ1) is 11.3. The highest BCUT2D eigenvalue weighted by Crippen LogP contribution is 2.21. The van der Waals surface area contributed by atoms with E-state index in [9.17, 15) is 13.2 Å². The maximum atomic E-state index is 12.0. The molecule has 3 N–H and O–H groups in total. The first-order valence-electron chi connectivity index (χ1n) is 7.61. The molecule has 0 aliphatic carbocycles. The van der Waals surface area contributed by atoms with E-state index in [-0.39, 0.29) is 12.1 Å². The number of sulfonamides is 1. The summed E-state index contributed by atoms with van der Waals surface area (Å²) < 4.78 is 24.9. The summed E-state index contributed by atoms with van der Waals surface area (Å²) in [6.45, 7) is 4.17. The Morgan fingerprint density at radius 2 is 2.17 bits per heavy atom. The third kappa shape index (κ3) is 5.41. The van der Waals surface area contributed by atoms with Crippen LogP contribution in [0.15, 0.2) is 23.4 Å². The Balaban J connectivity index is 1.90. The van der Waals surface area contributed by atoms with Gasteiger partial charge in [0.25, 0.3) is 0 Å². The molecule has 1 unspecified atom stereocenters. The summed E-state index contributed by atoms with van der Waals surface area (Å²) in [4.78, 5) is 17.2. The van der Waals surface area contributed by atoms with Gasteiger partial charge in [0.15, 0.2) is 0 Å². The zero-order valence-corrected chi connectivity index (χ0v) is 14.7. The molecule has 1 aliphatic rings. The minimum Gasteiger partial charge on any atom is -0.390 e. The van der Waals surface area contributed by atoms with Crippen LogP contribution in [0.4, 0.5) is 16.2 Å². The Labute approximate surface area is 141 Å². The number of carbonyl (C=O) groups excluding carboxylic acids is 1. The molecule has 132 valence electrons. The molecular formula is C15H22N4O4S. The van der Waals surface area contributed by atoms with Gasteiger partial charge >= 0.3 is 6.03 Å². The van der Waals surface area contributed by atoms with Gasteiger partial charge in [0.1, 0.15) is 6.10 Å². The van der Waals surface area contributed by atoms with Crippen LogP contribution in [0.3, 0.4) is 0 Å². The van der Waals surface area contributed by atoms with Gasteiger partial charge in [-0.3, -0.25) is 4.72 Å². The fraction of sp³-hybridized carbons (Fsp3) is 0.467. The van der Waals surface area contributed by atoms with Crippen LogP contribution in [0, 0.1) is 6.92 Å². The molecule has 1 heterocycles. The summed E-state index contributed by atoms with van der Waals surface area (Å²) in [6.07, 6.45) is 2.47. The van der Waals surface area contributed by atoms with Crippen LogP contribution in [0.25, 0.3) is 0 Å². The summed E-state index contributed by atoms with van der Waals surface area (Å²) >= 11 is 0. The van der Waals surface area contributed by atoms with Crippen LogP contribution in [0.1, 0.15) is 25.3 Å². The van der Waals surface area contributed by atoms with Crippen LogP contribution >= 0.6 is 0 Å². The standard InChI is InChI=1S/C15H22N4O4S/c1-4-11-7-13(23-18-11)9-16-15(20)17-14-8-12(6-5-10(14)2)19-24(3,21)22/h5-6,8,13,19H,4,7,9H2,1-3H3,(H2,16,17,20). The molecule has 2 rings (SSSR count). The average Bonchev–Trinajstić information content (AvgIpc) is 2.95. The van der Waals surface area contributed by atoms with Gasteiger partial charge in [-0.1, -0.05) is 18.1 Å². The number of benzene rings is 1. The number of amides is 2. The number of urea groups is 1. The number of nitrogens with one attached hydrogen (secondary N) is 3. The largest absolute Gasteiger partial charge is 0.390 e. The van der Waals surface area contributed by atoms with E-state index in [0.717, 1.165) is 24.0 Å². The summed E-state index contributed by atoms with van der Waals surface area (Å²) in [5, 5.41) is 9.37. The number of carbonyl (C=O) groups is 1. The maximum absolute atomic E-state index is 12.0. The number of rotatable bonds is 6. The van der Waals surface area contributed by atoms with Crippen LogP contribution in [-0.4, -0.2) is 39.1 Å². The van der Waals surface area contributed by atoms with Crippen LogP contribution in [0.5, 0.6) is 0 Å². The molecule has 8 nitrogen and oxygen atoms in total. The Morgan fingerprint density at radius 3 is 2.79 bits per heavy atom. The van der Waals surface area contributed by atoms with Gasteiger partial charge in [0, 0.05) is 12.1 Å². The van der Waals surface area contributed by atoms with E-state index < -0.39 is 10.0 Å². The summed E-state index contributed by atoms with van der Waals surface area (Å²) in [5.41, 5.74) is 2.72. The molecule has 0 bridgehead atoms. The first-order valence-corrected chi connectivity index (χ1v) is 9.51. The van der Waals surface area contributed by atoms with Gasteiger partial charge in [-0.05, 0) is 31.0 Å². The summed E-state index contributed by atoms with van der Waals surface area (Å²) in [5.74, 6) is 0. The molecule has 0 aromatic heterocycles. The van der Waals surface area contributed by atoms with Gasteiger partial charge in [-0.2, -0.15) is 0 Å². The van der Waals surface area contributed by atoms with Crippen LogP contribution in [0.2, 0.25) is 0 Å². The van der Waals surface area contributed by atoms with Crippen molar-refractivity contribution in [2.24, 2.45) is 5.16 Å². The smallest absolute Gasteiger partial charge is 0.319 e. The second-order valence-corrected chi connectivity index (χ2v) is 7.43. The highest BCUT2D eigenvalue weighted by molar-refractivity contribution is 7.92. The lowest BCUT2D eigenvalue weighted by Crippen LogP contribution is -2.35. The highest BCUT2D eigenvalue weighted by atomic mass is 32.2. The topological polar surface area (TPSA) is 109 Å². The lowest BCUT2D eigenvalue weighted by Gasteiger charge is -2.13. The van der Waals surface area contributed by atoms with E-state index >= 15 is 0 Å². The molecule has 1 aromatic carbocycles. The van der Waals surface area contributed by atoms with E-state index in [1.54, 1.807) is 18.2 Å². The number of hydrogen-bond acceptors (Lipinski definition) is 5. The van der Waals surface area contributed by atoms with E-state index in [1.165, 1.54) is 0 Å². The second-order valence-electron chi connectivity index (χ2n) is 5.68. The minimum atomic E-state index is -3.37. The SMILES string of the molecule is CCC1=NOC(CNC(=O)Nc2cc(NS(C)(=O)=O)ccc2C)C1. The van der Waals surface area contributed by atoms with Crippen molar-refractivity contribution < 1.29 is 18.0 Å². The molecule has 9 heteroatoms. The normalized spacial score (nSPS) is 17.0. The van der Waals surface area contributed by atoms with Gasteiger partial charge in [0.2, 0.25) is 10.0 Å². The number of oxime groups is 1. The highest BCUT2D eigenvalue weighted by Gasteiger charge is 2.20. The lowest BCUT2D eigenvalue weighted by molar-refractivity contribution is 0.0870. The monoisotopic (exact) mass is 354 g/mol. The van der Waals surface area contributed by atoms with Crippen molar-refractivity contribution in [1.29, 1.82) is 0 Å². The molecule has 1 aliphatic heterocycles. The molecule has 1 atom stereocenters. The Hall–Kier alpha value is -2.29. The van der Waals surface area contributed by atoms with Gasteiger partial charge in [0.05, 0.1) is 24.2 Å². The van der Waals surface area contributed by atoms with E-state index in [1.807, 2.05) is 13.8 Å². The fourth-order valence-electron chi connectivity index (χ4n) is 2.21. The van der Waals surface area contributed by atoms with E-state index in [4.69, 9.17) is 4.84 Å². The number of anilines is 2. The minimum absolute atomic E-state index is 0.148. The van der Waals surface area contributed by atoms with Crippen molar-refractivity contribution in [2.75, 3.05) is 22.8 Å². The quantitative estimate of drug-likeness (QED) is 0.726. The van der Waals surface area contributed by atoms with Crippen molar-refractivity contribution in [2.45, 2.75) is 32.8 Å². The number of aryl methyl sites for hydroxylation is 1. The summed E-state index contributed by atoms with van der Waals surface area (Å²) in [6, 6.07) is 4.54. The average molecular weight is 354 g/mol. The van der Waals surface area contributed by atoms with Crippen LogP contribution < -0.4 is 15.4 Å². The molecule has 24 heavy (non-hydrogen) atoms. The molecule has 0 saturated heterocycles. The van der Waals surface area contributed by atoms with Gasteiger partial charge in [-0.25, -0.2) is 13.2 Å². The van der Waals surface area contributed by atoms with Crippen molar-refractivity contribution >= 4 is 33.1 Å². The molecule has 2 amide bonds. The molecule has 0 saturated carbocycles. The molecule has 0 radical (unpaired) electrons. The third-order valence-corrected chi connectivity index (χ3v) is 4.09. The van der Waals surface area contributed by atoms with Crippen molar-refractivity contribution in [1.82, 2.24) is 5.32 Å². The van der Waals surface area contributed by atoms with Crippen molar-refractivity contribution in [3.8, 4) is 0 Å². The zero-order valence-electron chi connectivity index (χ0n) is 13.9. The van der Waals surface area contributed by atoms with E-state index in [2.05, 4.69) is 20.5 Å². The predicted molar refractivity (Wildman–Crippen MR) is 93.9 cm³/mol. The maximum Gasteiger partial charge on any atom is 0.319 e. The Bertz CT molecular complexity index is 746. The lowest BCUT2D eigenvalue weighted by atomic mass is 10.1. The summed E-state index contributed by atoms with van der Waals surface area (Å²) in [7, 11) is -3.37. The Morgan fingerprint density at radius 1 is 1.42 bits per heavy atom. The molecule has 0 spiro atoms. The zero-order chi connectivity index (χ0) is 17.7. The number of hydrogen-bond donors (Lipinski definition) is 3. The van der Waals surface area contributed by atoms with Crippen LogP contribution in [-0.2, 0) is 14.9 Å². The van der Waals surface area contributed by atoms with Gasteiger partial charge < -0.3 is 15.5 Å².